The Kier molecular flexibility index (Phi) is 5.85. The van der Waals surface area contributed by atoms with Crippen LogP contribution in [-0.4, -0.2) is 28.6 Å². The maximum atomic E-state index is 11.3. The molecule has 0 aliphatic heterocycles. The van der Waals surface area contributed by atoms with E-state index in [1.165, 1.54) is 0 Å². The molecule has 0 saturated heterocycles. The third kappa shape index (κ3) is 5.82. The molecule has 0 bridgehead atoms. The van der Waals surface area contributed by atoms with Crippen LogP contribution in [-0.2, 0) is 9.53 Å². The van der Waals surface area contributed by atoms with Crippen molar-refractivity contribution in [3.8, 4) is 0 Å². The highest BCUT2D eigenvalue weighted by atomic mass is 35.5. The largest absolute Gasteiger partial charge is 0.463 e. The van der Waals surface area contributed by atoms with E-state index in [0.29, 0.717) is 36.2 Å². The summed E-state index contributed by atoms with van der Waals surface area (Å²) < 4.78 is 5.03. The molecule has 5 nitrogen and oxygen atoms in total. The molecule has 0 atom stereocenters. The number of rotatable bonds is 6. The van der Waals surface area contributed by atoms with Gasteiger partial charge in [0.1, 0.15) is 16.8 Å². The van der Waals surface area contributed by atoms with Crippen LogP contribution in [0.15, 0.2) is 6.07 Å². The van der Waals surface area contributed by atoms with Crippen molar-refractivity contribution >= 4 is 23.4 Å². The third-order valence-corrected chi connectivity index (χ3v) is 2.23. The molecule has 6 heteroatoms. The minimum absolute atomic E-state index is 0.0613. The lowest BCUT2D eigenvalue weighted by molar-refractivity contribution is -0.147. The molecule has 0 amide bonds. The van der Waals surface area contributed by atoms with E-state index in [1.807, 2.05) is 13.8 Å². The first kappa shape index (κ1) is 14.7. The minimum atomic E-state index is -0.177. The highest BCUT2D eigenvalue weighted by Crippen LogP contribution is 2.11. The molecule has 1 aromatic rings. The van der Waals surface area contributed by atoms with Crippen molar-refractivity contribution in [2.75, 3.05) is 11.9 Å². The Morgan fingerprint density at radius 1 is 1.50 bits per heavy atom. The van der Waals surface area contributed by atoms with E-state index in [1.54, 1.807) is 13.0 Å². The highest BCUT2D eigenvalue weighted by molar-refractivity contribution is 6.29. The van der Waals surface area contributed by atoms with Crippen LogP contribution < -0.4 is 5.32 Å². The lowest BCUT2D eigenvalue weighted by Crippen LogP contribution is -2.13. The molecule has 0 aliphatic carbocycles. The summed E-state index contributed by atoms with van der Waals surface area (Å²) in [7, 11) is 0. The van der Waals surface area contributed by atoms with E-state index in [2.05, 4.69) is 15.3 Å². The van der Waals surface area contributed by atoms with E-state index >= 15 is 0 Å². The molecule has 100 valence electrons. The summed E-state index contributed by atoms with van der Waals surface area (Å²) in [5.74, 6) is 1.11. The summed E-state index contributed by atoms with van der Waals surface area (Å²) in [6, 6.07) is 1.65. The SMILES string of the molecule is Cc1nc(Cl)cc(NCCCC(=O)OC(C)C)n1. The molecule has 0 saturated carbocycles. The van der Waals surface area contributed by atoms with Crippen molar-refractivity contribution < 1.29 is 9.53 Å². The van der Waals surface area contributed by atoms with Gasteiger partial charge in [0.25, 0.3) is 0 Å². The van der Waals surface area contributed by atoms with Crippen LogP contribution in [0, 0.1) is 6.92 Å². The molecular formula is C12H18ClN3O2. The second-order valence-corrected chi connectivity index (χ2v) is 4.58. The maximum Gasteiger partial charge on any atom is 0.306 e. The summed E-state index contributed by atoms with van der Waals surface area (Å²) in [4.78, 5) is 19.4. The van der Waals surface area contributed by atoms with Gasteiger partial charge in [-0.2, -0.15) is 0 Å². The molecular weight excluding hydrogens is 254 g/mol. The Hall–Kier alpha value is -1.36. The number of hydrogen-bond acceptors (Lipinski definition) is 5. The second-order valence-electron chi connectivity index (χ2n) is 4.19. The van der Waals surface area contributed by atoms with Gasteiger partial charge in [0.2, 0.25) is 0 Å². The average molecular weight is 272 g/mol. The number of carbonyl (C=O) groups excluding carboxylic acids is 1. The van der Waals surface area contributed by atoms with E-state index < -0.39 is 0 Å². The van der Waals surface area contributed by atoms with Crippen LogP contribution in [0.1, 0.15) is 32.5 Å². The van der Waals surface area contributed by atoms with Gasteiger partial charge in [-0.25, -0.2) is 9.97 Å². The molecule has 0 radical (unpaired) electrons. The van der Waals surface area contributed by atoms with Crippen molar-refractivity contribution in [3.63, 3.8) is 0 Å². The molecule has 0 aliphatic rings. The Morgan fingerprint density at radius 2 is 2.22 bits per heavy atom. The summed E-state index contributed by atoms with van der Waals surface area (Å²) >= 11 is 5.81. The lowest BCUT2D eigenvalue weighted by atomic mass is 10.3. The van der Waals surface area contributed by atoms with Crippen LogP contribution in [0.5, 0.6) is 0 Å². The first-order valence-corrected chi connectivity index (χ1v) is 6.29. The zero-order valence-electron chi connectivity index (χ0n) is 10.9. The van der Waals surface area contributed by atoms with E-state index in [-0.39, 0.29) is 12.1 Å². The Morgan fingerprint density at radius 3 is 2.83 bits per heavy atom. The van der Waals surface area contributed by atoms with Crippen LogP contribution in [0.25, 0.3) is 0 Å². The molecule has 1 aromatic heterocycles. The number of carbonyl (C=O) groups is 1. The zero-order chi connectivity index (χ0) is 13.5. The molecule has 1 rings (SSSR count). The van der Waals surface area contributed by atoms with Crippen molar-refractivity contribution in [3.05, 3.63) is 17.0 Å². The fourth-order valence-corrected chi connectivity index (χ4v) is 1.62. The van der Waals surface area contributed by atoms with Gasteiger partial charge in [0.15, 0.2) is 0 Å². The van der Waals surface area contributed by atoms with Crippen LogP contribution in [0.3, 0.4) is 0 Å². The number of anilines is 1. The predicted molar refractivity (Wildman–Crippen MR) is 70.7 cm³/mol. The number of nitrogens with one attached hydrogen (secondary N) is 1. The van der Waals surface area contributed by atoms with Crippen molar-refractivity contribution in [1.82, 2.24) is 9.97 Å². The predicted octanol–water partition coefficient (Wildman–Crippen LogP) is 2.58. The number of halogens is 1. The molecule has 18 heavy (non-hydrogen) atoms. The topological polar surface area (TPSA) is 64.1 Å². The number of aromatic nitrogens is 2. The van der Waals surface area contributed by atoms with Gasteiger partial charge in [-0.1, -0.05) is 11.6 Å². The summed E-state index contributed by atoms with van der Waals surface area (Å²) in [6.45, 7) is 6.08. The monoisotopic (exact) mass is 271 g/mol. The van der Waals surface area contributed by atoms with Gasteiger partial charge in [0, 0.05) is 19.0 Å². The summed E-state index contributed by atoms with van der Waals surface area (Å²) in [5.41, 5.74) is 0. The normalized spacial score (nSPS) is 10.5. The van der Waals surface area contributed by atoms with Crippen molar-refractivity contribution in [1.29, 1.82) is 0 Å². The molecule has 0 aromatic carbocycles. The van der Waals surface area contributed by atoms with Gasteiger partial charge >= 0.3 is 5.97 Å². The van der Waals surface area contributed by atoms with Gasteiger partial charge in [0.05, 0.1) is 6.10 Å². The molecule has 0 spiro atoms. The van der Waals surface area contributed by atoms with Gasteiger partial charge in [-0.15, -0.1) is 0 Å². The maximum absolute atomic E-state index is 11.3. The third-order valence-electron chi connectivity index (χ3n) is 2.04. The number of nitrogens with zero attached hydrogens (tertiary/aromatic N) is 2. The van der Waals surface area contributed by atoms with Gasteiger partial charge in [-0.05, 0) is 27.2 Å². The summed E-state index contributed by atoms with van der Waals surface area (Å²) in [6.07, 6.45) is 1.02. The smallest absolute Gasteiger partial charge is 0.306 e. The fraction of sp³-hybridized carbons (Fsp3) is 0.583. The zero-order valence-corrected chi connectivity index (χ0v) is 11.6. The number of hydrogen-bond donors (Lipinski definition) is 1. The van der Waals surface area contributed by atoms with E-state index in [4.69, 9.17) is 16.3 Å². The lowest BCUT2D eigenvalue weighted by Gasteiger charge is -2.08. The number of esters is 1. The number of ether oxygens (including phenoxy) is 1. The van der Waals surface area contributed by atoms with Crippen molar-refractivity contribution in [2.45, 2.75) is 39.7 Å². The molecule has 0 unspecified atom stereocenters. The van der Waals surface area contributed by atoms with Crippen LogP contribution in [0.2, 0.25) is 5.15 Å². The first-order chi connectivity index (χ1) is 8.47. The second kappa shape index (κ2) is 7.16. The molecule has 0 fully saturated rings. The quantitative estimate of drug-likeness (QED) is 0.489. The molecule has 1 N–H and O–H groups in total. The summed E-state index contributed by atoms with van der Waals surface area (Å²) in [5, 5.41) is 3.50. The average Bonchev–Trinajstić information content (AvgIpc) is 2.22. The number of aryl methyl sites for hydroxylation is 1. The van der Waals surface area contributed by atoms with Crippen LogP contribution in [0.4, 0.5) is 5.82 Å². The van der Waals surface area contributed by atoms with E-state index in [0.717, 1.165) is 0 Å². The first-order valence-electron chi connectivity index (χ1n) is 5.92. The Labute approximate surface area is 112 Å². The standard InChI is InChI=1S/C12H18ClN3O2/c1-8(2)18-12(17)5-4-6-14-11-7-10(13)15-9(3)16-11/h7-8H,4-6H2,1-3H3,(H,14,15,16). The van der Waals surface area contributed by atoms with E-state index in [9.17, 15) is 4.79 Å². The minimum Gasteiger partial charge on any atom is -0.463 e. The highest BCUT2D eigenvalue weighted by Gasteiger charge is 2.05. The molecule has 1 heterocycles. The van der Waals surface area contributed by atoms with Gasteiger partial charge < -0.3 is 10.1 Å². The van der Waals surface area contributed by atoms with Crippen molar-refractivity contribution in [2.24, 2.45) is 0 Å². The van der Waals surface area contributed by atoms with Gasteiger partial charge in [-0.3, -0.25) is 4.79 Å². The Bertz CT molecular complexity index is 390. The fourth-order valence-electron chi connectivity index (χ4n) is 1.39. The van der Waals surface area contributed by atoms with Crippen LogP contribution >= 0.6 is 11.6 Å². The Balaban J connectivity index is 2.27.